The average molecular weight is 253 g/mol. The minimum atomic E-state index is -4.70. The first-order valence-electron chi connectivity index (χ1n) is 5.21. The van der Waals surface area contributed by atoms with E-state index in [1.165, 1.54) is 12.1 Å². The van der Waals surface area contributed by atoms with E-state index in [1.807, 2.05) is 35.8 Å². The van der Waals surface area contributed by atoms with Crippen LogP contribution in [0.25, 0.3) is 11.1 Å². The van der Waals surface area contributed by atoms with E-state index in [0.717, 1.165) is 11.1 Å². The molecular weight excluding hydrogens is 243 g/mol. The van der Waals surface area contributed by atoms with Crippen molar-refractivity contribution < 1.29 is 18.0 Å². The van der Waals surface area contributed by atoms with E-state index >= 15 is 0 Å². The zero-order valence-electron chi connectivity index (χ0n) is 9.24. The first kappa shape index (κ1) is 12.4. The van der Waals surface area contributed by atoms with Gasteiger partial charge in [0.25, 0.3) is 0 Å². The summed E-state index contributed by atoms with van der Waals surface area (Å²) in [5.41, 5.74) is 4.01. The van der Waals surface area contributed by atoms with Crippen LogP contribution in [0.3, 0.4) is 0 Å². The molecule has 1 N–H and O–H groups in total. The lowest BCUT2D eigenvalue weighted by atomic mass is 10.1. The molecule has 0 heterocycles. The van der Waals surface area contributed by atoms with Gasteiger partial charge in [-0.25, -0.2) is 0 Å². The molecule has 0 aromatic heterocycles. The van der Waals surface area contributed by atoms with Crippen LogP contribution in [-0.2, 0) is 4.84 Å². The fraction of sp³-hybridized carbons (Fsp3) is 0.0769. The second-order valence-corrected chi connectivity index (χ2v) is 3.59. The van der Waals surface area contributed by atoms with Crippen molar-refractivity contribution in [2.24, 2.45) is 0 Å². The Balaban J connectivity index is 2.07. The van der Waals surface area contributed by atoms with Crippen molar-refractivity contribution in [2.75, 3.05) is 5.48 Å². The fourth-order valence-electron chi connectivity index (χ4n) is 1.48. The minimum absolute atomic E-state index is 0.243. The molecule has 94 valence electrons. The second kappa shape index (κ2) is 5.10. The lowest BCUT2D eigenvalue weighted by Crippen LogP contribution is -2.17. The molecule has 0 bridgehead atoms. The Hall–Kier alpha value is -2.01. The largest absolute Gasteiger partial charge is 0.543 e. The summed E-state index contributed by atoms with van der Waals surface area (Å²) in [5.74, 6) is 0. The molecule has 0 spiro atoms. The van der Waals surface area contributed by atoms with Gasteiger partial charge < -0.3 is 0 Å². The summed E-state index contributed by atoms with van der Waals surface area (Å²) in [6.45, 7) is 0. The van der Waals surface area contributed by atoms with Crippen molar-refractivity contribution in [3.63, 3.8) is 0 Å². The molecule has 2 nitrogen and oxygen atoms in total. The van der Waals surface area contributed by atoms with Crippen LogP contribution in [0.15, 0.2) is 54.6 Å². The van der Waals surface area contributed by atoms with Gasteiger partial charge in [-0.2, -0.15) is 4.84 Å². The molecule has 2 aromatic carbocycles. The summed E-state index contributed by atoms with van der Waals surface area (Å²) >= 11 is 0. The van der Waals surface area contributed by atoms with Gasteiger partial charge in [0.05, 0.1) is 5.69 Å². The summed E-state index contributed by atoms with van der Waals surface area (Å²) in [5, 5.41) is 0. The van der Waals surface area contributed by atoms with Crippen LogP contribution < -0.4 is 5.48 Å². The minimum Gasteiger partial charge on any atom is -0.258 e. The number of anilines is 1. The number of benzene rings is 2. The molecule has 0 saturated carbocycles. The maximum absolute atomic E-state index is 11.8. The van der Waals surface area contributed by atoms with Crippen LogP contribution in [-0.4, -0.2) is 6.36 Å². The Labute approximate surface area is 102 Å². The van der Waals surface area contributed by atoms with E-state index in [0.29, 0.717) is 0 Å². The van der Waals surface area contributed by atoms with E-state index in [9.17, 15) is 13.2 Å². The van der Waals surface area contributed by atoms with Gasteiger partial charge in [-0.15, -0.1) is 13.2 Å². The lowest BCUT2D eigenvalue weighted by molar-refractivity contribution is -0.311. The molecule has 0 saturated heterocycles. The Morgan fingerprint density at radius 3 is 1.89 bits per heavy atom. The number of rotatable bonds is 3. The number of halogens is 3. The highest BCUT2D eigenvalue weighted by atomic mass is 19.4. The highest BCUT2D eigenvalue weighted by Gasteiger charge is 2.30. The third-order valence-corrected chi connectivity index (χ3v) is 2.28. The van der Waals surface area contributed by atoms with Gasteiger partial charge >= 0.3 is 6.36 Å². The first-order valence-corrected chi connectivity index (χ1v) is 5.21. The number of nitrogens with one attached hydrogen (secondary N) is 1. The van der Waals surface area contributed by atoms with Crippen LogP contribution >= 0.6 is 0 Å². The van der Waals surface area contributed by atoms with E-state index in [1.54, 1.807) is 12.1 Å². The number of alkyl halides is 3. The second-order valence-electron chi connectivity index (χ2n) is 3.59. The molecule has 0 fully saturated rings. The van der Waals surface area contributed by atoms with Crippen molar-refractivity contribution in [3.8, 4) is 11.1 Å². The summed E-state index contributed by atoms with van der Waals surface area (Å²) in [6.07, 6.45) is -4.70. The molecule has 0 atom stereocenters. The van der Waals surface area contributed by atoms with Gasteiger partial charge in [-0.1, -0.05) is 42.5 Å². The van der Waals surface area contributed by atoms with Gasteiger partial charge in [0.1, 0.15) is 0 Å². The molecule has 0 aliphatic carbocycles. The smallest absolute Gasteiger partial charge is 0.258 e. The Morgan fingerprint density at radius 2 is 1.33 bits per heavy atom. The van der Waals surface area contributed by atoms with Crippen LogP contribution in [0.1, 0.15) is 0 Å². The van der Waals surface area contributed by atoms with E-state index in [-0.39, 0.29) is 5.69 Å². The van der Waals surface area contributed by atoms with E-state index in [4.69, 9.17) is 0 Å². The van der Waals surface area contributed by atoms with Gasteiger partial charge in [0, 0.05) is 0 Å². The molecular formula is C13H10F3NO. The molecule has 0 amide bonds. The Bertz CT molecular complexity index is 494. The summed E-state index contributed by atoms with van der Waals surface area (Å²) in [4.78, 5) is 3.51. The molecule has 0 radical (unpaired) electrons. The van der Waals surface area contributed by atoms with Crippen molar-refractivity contribution in [1.29, 1.82) is 0 Å². The molecule has 0 aliphatic heterocycles. The fourth-order valence-corrected chi connectivity index (χ4v) is 1.48. The molecule has 5 heteroatoms. The standard InChI is InChI=1S/C13H10F3NO/c14-13(15,16)18-17-12-8-6-11(7-9-12)10-4-2-1-3-5-10/h1-9,17H. The Morgan fingerprint density at radius 1 is 0.778 bits per heavy atom. The van der Waals surface area contributed by atoms with Gasteiger partial charge in [-0.05, 0) is 23.3 Å². The van der Waals surface area contributed by atoms with Gasteiger partial charge in [-0.3, -0.25) is 5.48 Å². The van der Waals surface area contributed by atoms with Gasteiger partial charge in [0.15, 0.2) is 0 Å². The third kappa shape index (κ3) is 3.49. The zero-order valence-corrected chi connectivity index (χ0v) is 9.24. The van der Waals surface area contributed by atoms with Crippen LogP contribution in [0.2, 0.25) is 0 Å². The monoisotopic (exact) mass is 253 g/mol. The van der Waals surface area contributed by atoms with Gasteiger partial charge in [0.2, 0.25) is 0 Å². The van der Waals surface area contributed by atoms with Crippen LogP contribution in [0, 0.1) is 0 Å². The predicted molar refractivity (Wildman–Crippen MR) is 62.6 cm³/mol. The van der Waals surface area contributed by atoms with E-state index in [2.05, 4.69) is 4.84 Å². The third-order valence-electron chi connectivity index (χ3n) is 2.28. The maximum Gasteiger partial charge on any atom is 0.543 e. The molecule has 18 heavy (non-hydrogen) atoms. The topological polar surface area (TPSA) is 21.3 Å². The normalized spacial score (nSPS) is 11.3. The van der Waals surface area contributed by atoms with Crippen LogP contribution in [0.4, 0.5) is 18.9 Å². The summed E-state index contributed by atoms with van der Waals surface area (Å²) in [7, 11) is 0. The quantitative estimate of drug-likeness (QED) is 0.827. The molecule has 0 aliphatic rings. The molecule has 0 unspecified atom stereocenters. The summed E-state index contributed by atoms with van der Waals surface area (Å²) < 4.78 is 35.4. The lowest BCUT2D eigenvalue weighted by Gasteiger charge is -2.09. The first-order chi connectivity index (χ1) is 8.54. The average Bonchev–Trinajstić information content (AvgIpc) is 2.37. The molecule has 2 aromatic rings. The van der Waals surface area contributed by atoms with Crippen LogP contribution in [0.5, 0.6) is 0 Å². The highest BCUT2D eigenvalue weighted by Crippen LogP contribution is 2.22. The van der Waals surface area contributed by atoms with E-state index < -0.39 is 6.36 Å². The molecule has 2 rings (SSSR count). The van der Waals surface area contributed by atoms with Crippen molar-refractivity contribution in [3.05, 3.63) is 54.6 Å². The predicted octanol–water partition coefficient (Wildman–Crippen LogP) is 4.22. The van der Waals surface area contributed by atoms with Crippen molar-refractivity contribution in [1.82, 2.24) is 0 Å². The SMILES string of the molecule is FC(F)(F)ONc1ccc(-c2ccccc2)cc1. The maximum atomic E-state index is 11.8. The number of hydrogen-bond donors (Lipinski definition) is 1. The zero-order chi connectivity index (χ0) is 13.0. The highest BCUT2D eigenvalue weighted by molar-refractivity contribution is 5.65. The van der Waals surface area contributed by atoms with Crippen molar-refractivity contribution >= 4 is 5.69 Å². The van der Waals surface area contributed by atoms with Crippen molar-refractivity contribution in [2.45, 2.75) is 6.36 Å². The summed E-state index contributed by atoms with van der Waals surface area (Å²) in [6, 6.07) is 16.0. The Kier molecular flexibility index (Phi) is 3.53. The number of hydrogen-bond acceptors (Lipinski definition) is 2.